The minimum absolute atomic E-state index is 0.137. The first kappa shape index (κ1) is 23.1. The van der Waals surface area contributed by atoms with E-state index in [0.717, 1.165) is 4.90 Å². The maximum absolute atomic E-state index is 12.7. The molecule has 2 aromatic carbocycles. The number of hydrogen-bond acceptors (Lipinski definition) is 10. The van der Waals surface area contributed by atoms with Crippen LogP contribution < -0.4 is 14.2 Å². The van der Waals surface area contributed by atoms with Crippen LogP contribution in [0.5, 0.6) is 17.2 Å². The largest absolute Gasteiger partial charge is 0.493 e. The molecule has 0 aliphatic heterocycles. The molecule has 9 nitrogen and oxygen atoms in total. The third-order valence-electron chi connectivity index (χ3n) is 4.65. The number of esters is 1. The molecule has 174 valence electrons. The molecular weight excluding hydrogens is 458 g/mol. The normalized spacial score (nSPS) is 10.6. The number of methoxy groups -OCH3 is 3. The van der Waals surface area contributed by atoms with E-state index in [0.29, 0.717) is 33.4 Å². The molecule has 0 N–H and O–H groups in total. The number of ether oxygens (including phenoxy) is 4. The molecule has 0 saturated carbocycles. The van der Waals surface area contributed by atoms with Crippen LogP contribution in [0, 0.1) is 0 Å². The number of hydrogen-bond donors (Lipinski definition) is 0. The molecule has 0 fully saturated rings. The van der Waals surface area contributed by atoms with Gasteiger partial charge >= 0.3 is 5.97 Å². The van der Waals surface area contributed by atoms with Crippen LogP contribution in [-0.4, -0.2) is 42.5 Å². The summed E-state index contributed by atoms with van der Waals surface area (Å²) < 4.78 is 27.1. The minimum Gasteiger partial charge on any atom is -0.493 e. The predicted octanol–water partition coefficient (Wildman–Crippen LogP) is 4.67. The van der Waals surface area contributed by atoms with Crippen molar-refractivity contribution in [3.8, 4) is 28.7 Å². The van der Waals surface area contributed by atoms with Gasteiger partial charge in [0.05, 0.1) is 26.9 Å². The van der Waals surface area contributed by atoms with Gasteiger partial charge in [0, 0.05) is 16.7 Å². The molecular formula is C24H21N3O6S. The zero-order chi connectivity index (χ0) is 23.9. The zero-order valence-corrected chi connectivity index (χ0v) is 19.5. The summed E-state index contributed by atoms with van der Waals surface area (Å²) in [4.78, 5) is 18.0. The fourth-order valence-corrected chi connectivity index (χ4v) is 3.96. The van der Waals surface area contributed by atoms with E-state index < -0.39 is 5.97 Å². The van der Waals surface area contributed by atoms with Crippen molar-refractivity contribution >= 4 is 17.7 Å². The van der Waals surface area contributed by atoms with E-state index >= 15 is 0 Å². The molecule has 0 atom stereocenters. The lowest BCUT2D eigenvalue weighted by Crippen LogP contribution is -2.07. The second kappa shape index (κ2) is 10.7. The molecule has 4 aromatic rings. The molecule has 0 bridgehead atoms. The van der Waals surface area contributed by atoms with Gasteiger partial charge in [-0.15, -0.1) is 10.2 Å². The number of rotatable bonds is 9. The summed E-state index contributed by atoms with van der Waals surface area (Å²) in [5, 5.41) is 8.56. The third kappa shape index (κ3) is 5.12. The van der Waals surface area contributed by atoms with Crippen molar-refractivity contribution < 1.29 is 28.2 Å². The van der Waals surface area contributed by atoms with Crippen molar-refractivity contribution in [2.45, 2.75) is 16.5 Å². The van der Waals surface area contributed by atoms with Crippen LogP contribution in [0.15, 0.2) is 75.1 Å². The van der Waals surface area contributed by atoms with Gasteiger partial charge in [0.1, 0.15) is 5.03 Å². The van der Waals surface area contributed by atoms with Crippen LogP contribution in [0.25, 0.3) is 11.5 Å². The quantitative estimate of drug-likeness (QED) is 0.315. The highest BCUT2D eigenvalue weighted by Crippen LogP contribution is 2.40. The van der Waals surface area contributed by atoms with E-state index in [1.54, 1.807) is 30.5 Å². The van der Waals surface area contributed by atoms with Crippen LogP contribution in [0.1, 0.15) is 16.2 Å². The van der Waals surface area contributed by atoms with Crippen molar-refractivity contribution in [1.82, 2.24) is 15.2 Å². The molecule has 34 heavy (non-hydrogen) atoms. The fourth-order valence-electron chi connectivity index (χ4n) is 3.07. The Morgan fingerprint density at radius 2 is 1.68 bits per heavy atom. The lowest BCUT2D eigenvalue weighted by atomic mass is 10.2. The molecule has 0 amide bonds. The lowest BCUT2D eigenvalue weighted by Gasteiger charge is -2.12. The van der Waals surface area contributed by atoms with Crippen molar-refractivity contribution in [2.24, 2.45) is 0 Å². The highest BCUT2D eigenvalue weighted by Gasteiger charge is 2.19. The maximum atomic E-state index is 12.7. The van der Waals surface area contributed by atoms with E-state index in [9.17, 15) is 4.79 Å². The van der Waals surface area contributed by atoms with Crippen molar-refractivity contribution in [1.29, 1.82) is 0 Å². The molecule has 0 aliphatic carbocycles. The van der Waals surface area contributed by atoms with Gasteiger partial charge in [0.15, 0.2) is 18.1 Å². The van der Waals surface area contributed by atoms with E-state index in [1.165, 1.54) is 33.1 Å². The summed E-state index contributed by atoms with van der Waals surface area (Å²) in [7, 11) is 4.55. The first-order valence-corrected chi connectivity index (χ1v) is 10.9. The summed E-state index contributed by atoms with van der Waals surface area (Å²) in [6.45, 7) is -0.194. The molecule has 0 saturated heterocycles. The second-order valence-corrected chi connectivity index (χ2v) is 7.82. The highest BCUT2D eigenvalue weighted by atomic mass is 32.2. The molecule has 0 spiro atoms. The van der Waals surface area contributed by atoms with Crippen LogP contribution in [0.3, 0.4) is 0 Å². The summed E-state index contributed by atoms with van der Waals surface area (Å²) >= 11 is 1.38. The summed E-state index contributed by atoms with van der Waals surface area (Å²) in [6.07, 6.45) is 1.63. The maximum Gasteiger partial charge on any atom is 0.341 e. The van der Waals surface area contributed by atoms with Gasteiger partial charge in [-0.2, -0.15) is 0 Å². The Balaban J connectivity index is 1.48. The van der Waals surface area contributed by atoms with E-state index in [-0.39, 0.29) is 18.4 Å². The predicted molar refractivity (Wildman–Crippen MR) is 123 cm³/mol. The monoisotopic (exact) mass is 479 g/mol. The van der Waals surface area contributed by atoms with Crippen LogP contribution in [0.4, 0.5) is 0 Å². The van der Waals surface area contributed by atoms with Crippen LogP contribution >= 0.6 is 11.8 Å². The van der Waals surface area contributed by atoms with Crippen molar-refractivity contribution in [2.75, 3.05) is 21.3 Å². The standard InChI is InChI=1S/C24H21N3O6S/c1-29-18-12-15(13-19(30-2)21(18)31-3)22-27-26-20(33-22)14-32-24(28)17-10-7-11-25-23(17)34-16-8-5-4-6-9-16/h4-13H,14H2,1-3H3. The SMILES string of the molecule is COc1cc(-c2nnc(COC(=O)c3cccnc3Sc3ccccc3)o2)cc(OC)c1OC. The second-order valence-electron chi connectivity index (χ2n) is 6.76. The van der Waals surface area contributed by atoms with Gasteiger partial charge in [-0.05, 0) is 36.4 Å². The molecule has 4 rings (SSSR count). The van der Waals surface area contributed by atoms with Gasteiger partial charge in [-0.1, -0.05) is 30.0 Å². The third-order valence-corrected chi connectivity index (χ3v) is 5.68. The molecule has 0 radical (unpaired) electrons. The van der Waals surface area contributed by atoms with Crippen molar-refractivity contribution in [3.05, 3.63) is 72.2 Å². The Bertz CT molecular complexity index is 1250. The first-order chi connectivity index (χ1) is 16.6. The molecule has 0 aliphatic rings. The topological polar surface area (TPSA) is 106 Å². The smallest absolute Gasteiger partial charge is 0.341 e. The van der Waals surface area contributed by atoms with Crippen LogP contribution in [0.2, 0.25) is 0 Å². The Labute approximate surface area is 200 Å². The highest BCUT2D eigenvalue weighted by molar-refractivity contribution is 7.99. The number of carbonyl (C=O) groups excluding carboxylic acids is 1. The van der Waals surface area contributed by atoms with Gasteiger partial charge in [-0.25, -0.2) is 9.78 Å². The average Bonchev–Trinajstić information content (AvgIpc) is 3.36. The van der Waals surface area contributed by atoms with E-state index in [2.05, 4.69) is 15.2 Å². The zero-order valence-electron chi connectivity index (χ0n) is 18.7. The van der Waals surface area contributed by atoms with Gasteiger partial charge in [0.2, 0.25) is 11.6 Å². The number of nitrogens with zero attached hydrogens (tertiary/aromatic N) is 3. The number of carbonyl (C=O) groups is 1. The van der Waals surface area contributed by atoms with E-state index in [4.69, 9.17) is 23.4 Å². The van der Waals surface area contributed by atoms with Gasteiger partial charge in [-0.3, -0.25) is 0 Å². The Morgan fingerprint density at radius 1 is 0.941 bits per heavy atom. The summed E-state index contributed by atoms with van der Waals surface area (Å²) in [5.41, 5.74) is 0.911. The van der Waals surface area contributed by atoms with Gasteiger partial charge < -0.3 is 23.4 Å². The number of aromatic nitrogens is 3. The Morgan fingerprint density at radius 3 is 2.35 bits per heavy atom. The van der Waals surface area contributed by atoms with Gasteiger partial charge in [0.25, 0.3) is 5.89 Å². The first-order valence-electron chi connectivity index (χ1n) is 10.1. The molecule has 10 heteroatoms. The van der Waals surface area contributed by atoms with Crippen molar-refractivity contribution in [3.63, 3.8) is 0 Å². The summed E-state index contributed by atoms with van der Waals surface area (Å²) in [6, 6.07) is 16.4. The number of pyridine rings is 1. The van der Waals surface area contributed by atoms with E-state index in [1.807, 2.05) is 30.3 Å². The lowest BCUT2D eigenvalue weighted by molar-refractivity contribution is 0.0433. The molecule has 2 aromatic heterocycles. The Hall–Kier alpha value is -4.05. The molecule has 2 heterocycles. The molecule has 0 unspecified atom stereocenters. The fraction of sp³-hybridized carbons (Fsp3) is 0.167. The Kier molecular flexibility index (Phi) is 7.28. The minimum atomic E-state index is -0.543. The average molecular weight is 480 g/mol. The number of benzene rings is 2. The van der Waals surface area contributed by atoms with Crippen LogP contribution in [-0.2, 0) is 11.3 Å². The summed E-state index contributed by atoms with van der Waals surface area (Å²) in [5.74, 6) is 1.15.